The largest absolute Gasteiger partial charge is 0.378 e. The van der Waals surface area contributed by atoms with Crippen molar-refractivity contribution in [2.45, 2.75) is 19.3 Å². The van der Waals surface area contributed by atoms with E-state index >= 15 is 0 Å². The lowest BCUT2D eigenvalue weighted by Gasteiger charge is -2.12. The molecule has 20 heavy (non-hydrogen) atoms. The molecule has 1 aromatic carbocycles. The standard InChI is InChI=1S/C13H15N5O2/c1-8(9-5-3-2-4-6-9)7-10-11(18(19)20)12(14)17-13(15)16-10/h2-6,8H,7H2,1H3,(H4,14,15,16,17). The fraction of sp³-hybridized carbons (Fsp3) is 0.231. The van der Waals surface area contributed by atoms with Crippen LogP contribution in [0.4, 0.5) is 17.5 Å². The van der Waals surface area contributed by atoms with Gasteiger partial charge in [-0.15, -0.1) is 0 Å². The predicted octanol–water partition coefficient (Wildman–Crippen LogP) is 1.90. The minimum atomic E-state index is -0.568. The van der Waals surface area contributed by atoms with Crippen LogP contribution in [0.5, 0.6) is 0 Å². The first-order valence-electron chi connectivity index (χ1n) is 6.10. The van der Waals surface area contributed by atoms with Gasteiger partial charge in [-0.1, -0.05) is 37.3 Å². The van der Waals surface area contributed by atoms with Crippen molar-refractivity contribution in [1.29, 1.82) is 0 Å². The fourth-order valence-corrected chi connectivity index (χ4v) is 2.07. The first kappa shape index (κ1) is 13.7. The Balaban J connectivity index is 2.36. The average Bonchev–Trinajstić information content (AvgIpc) is 2.38. The maximum Gasteiger partial charge on any atom is 0.332 e. The molecule has 7 heteroatoms. The number of rotatable bonds is 4. The Morgan fingerprint density at radius 3 is 2.50 bits per heavy atom. The molecule has 0 fully saturated rings. The molecule has 0 aliphatic carbocycles. The van der Waals surface area contributed by atoms with Crippen molar-refractivity contribution in [2.75, 3.05) is 11.5 Å². The molecule has 4 N–H and O–H groups in total. The molecule has 2 aromatic rings. The van der Waals surface area contributed by atoms with Gasteiger partial charge in [-0.25, -0.2) is 4.98 Å². The number of hydrogen-bond acceptors (Lipinski definition) is 6. The third-order valence-electron chi connectivity index (χ3n) is 3.05. The van der Waals surface area contributed by atoms with E-state index in [1.165, 1.54) is 0 Å². The smallest absolute Gasteiger partial charge is 0.332 e. The van der Waals surface area contributed by atoms with Crippen LogP contribution in [0.25, 0.3) is 0 Å². The Morgan fingerprint density at radius 1 is 1.25 bits per heavy atom. The summed E-state index contributed by atoms with van der Waals surface area (Å²) in [6.07, 6.45) is 0.372. The highest BCUT2D eigenvalue weighted by Gasteiger charge is 2.24. The summed E-state index contributed by atoms with van der Waals surface area (Å²) >= 11 is 0. The number of anilines is 2. The van der Waals surface area contributed by atoms with Gasteiger partial charge in [-0.3, -0.25) is 10.1 Å². The highest BCUT2D eigenvalue weighted by molar-refractivity contribution is 5.57. The molecule has 0 aliphatic rings. The van der Waals surface area contributed by atoms with Crippen LogP contribution in [-0.4, -0.2) is 14.9 Å². The van der Waals surface area contributed by atoms with Gasteiger partial charge in [-0.2, -0.15) is 4.98 Å². The van der Waals surface area contributed by atoms with Crippen LogP contribution in [0.2, 0.25) is 0 Å². The van der Waals surface area contributed by atoms with Crippen LogP contribution < -0.4 is 11.5 Å². The van der Waals surface area contributed by atoms with Crippen molar-refractivity contribution >= 4 is 17.5 Å². The summed E-state index contributed by atoms with van der Waals surface area (Å²) in [5.41, 5.74) is 12.1. The molecule has 1 heterocycles. The van der Waals surface area contributed by atoms with E-state index in [0.29, 0.717) is 6.42 Å². The normalized spacial score (nSPS) is 12.1. The van der Waals surface area contributed by atoms with Gasteiger partial charge in [0.2, 0.25) is 11.8 Å². The number of nitrogens with zero attached hydrogens (tertiary/aromatic N) is 3. The summed E-state index contributed by atoms with van der Waals surface area (Å²) in [5, 5.41) is 11.1. The Morgan fingerprint density at radius 2 is 1.90 bits per heavy atom. The first-order valence-corrected chi connectivity index (χ1v) is 6.10. The highest BCUT2D eigenvalue weighted by Crippen LogP contribution is 2.28. The summed E-state index contributed by atoms with van der Waals surface area (Å²) in [7, 11) is 0. The first-order chi connectivity index (χ1) is 9.49. The number of nitrogens with two attached hydrogens (primary N) is 2. The molecule has 1 unspecified atom stereocenters. The van der Waals surface area contributed by atoms with Crippen LogP contribution in [0, 0.1) is 10.1 Å². The molecule has 0 amide bonds. The molecule has 0 saturated carbocycles. The maximum atomic E-state index is 11.1. The Hall–Kier alpha value is -2.70. The van der Waals surface area contributed by atoms with Crippen molar-refractivity contribution in [3.63, 3.8) is 0 Å². The van der Waals surface area contributed by atoms with E-state index in [1.807, 2.05) is 37.3 Å². The highest BCUT2D eigenvalue weighted by atomic mass is 16.6. The van der Waals surface area contributed by atoms with Crippen molar-refractivity contribution in [1.82, 2.24) is 9.97 Å². The molecular formula is C13H15N5O2. The van der Waals surface area contributed by atoms with Crippen LogP contribution in [0.1, 0.15) is 24.1 Å². The zero-order chi connectivity index (χ0) is 14.7. The van der Waals surface area contributed by atoms with Gasteiger partial charge in [0, 0.05) is 6.42 Å². The molecule has 0 saturated heterocycles. The van der Waals surface area contributed by atoms with Crippen molar-refractivity contribution < 1.29 is 4.92 Å². The zero-order valence-corrected chi connectivity index (χ0v) is 11.0. The molecule has 0 aliphatic heterocycles. The van der Waals surface area contributed by atoms with Crippen LogP contribution in [0.15, 0.2) is 30.3 Å². The minimum absolute atomic E-state index is 0.0524. The average molecular weight is 273 g/mol. The summed E-state index contributed by atoms with van der Waals surface area (Å²) in [4.78, 5) is 18.1. The Kier molecular flexibility index (Phi) is 3.79. The van der Waals surface area contributed by atoms with Gasteiger partial charge in [-0.05, 0) is 11.5 Å². The summed E-state index contributed by atoms with van der Waals surface area (Å²) in [5.74, 6) is -0.190. The quantitative estimate of drug-likeness (QED) is 0.648. The molecule has 0 spiro atoms. The second kappa shape index (κ2) is 5.52. The van der Waals surface area contributed by atoms with Gasteiger partial charge in [0.1, 0.15) is 5.69 Å². The predicted molar refractivity (Wildman–Crippen MR) is 76.1 cm³/mol. The third kappa shape index (κ3) is 2.82. The molecule has 104 valence electrons. The van der Waals surface area contributed by atoms with E-state index in [4.69, 9.17) is 11.5 Å². The summed E-state index contributed by atoms with van der Waals surface area (Å²) in [6.45, 7) is 1.97. The van der Waals surface area contributed by atoms with E-state index in [0.717, 1.165) is 5.56 Å². The monoisotopic (exact) mass is 273 g/mol. The van der Waals surface area contributed by atoms with Gasteiger partial charge in [0.05, 0.1) is 4.92 Å². The van der Waals surface area contributed by atoms with Crippen LogP contribution in [-0.2, 0) is 6.42 Å². The maximum absolute atomic E-state index is 11.1. The molecule has 0 radical (unpaired) electrons. The lowest BCUT2D eigenvalue weighted by atomic mass is 9.95. The van der Waals surface area contributed by atoms with Gasteiger partial charge in [0.25, 0.3) is 0 Å². The van der Waals surface area contributed by atoms with Crippen molar-refractivity contribution in [2.24, 2.45) is 0 Å². The van der Waals surface area contributed by atoms with E-state index in [9.17, 15) is 10.1 Å². The summed E-state index contributed by atoms with van der Waals surface area (Å²) < 4.78 is 0. The number of nitrogen functional groups attached to an aromatic ring is 2. The van der Waals surface area contributed by atoms with E-state index in [2.05, 4.69) is 9.97 Å². The minimum Gasteiger partial charge on any atom is -0.378 e. The number of benzene rings is 1. The SMILES string of the molecule is CC(Cc1nc(N)nc(N)c1[N+](=O)[O-])c1ccccc1. The van der Waals surface area contributed by atoms with Gasteiger partial charge in [0.15, 0.2) is 0 Å². The van der Waals surface area contributed by atoms with Crippen LogP contribution >= 0.6 is 0 Å². The van der Waals surface area contributed by atoms with E-state index in [1.54, 1.807) is 0 Å². The molecule has 2 rings (SSSR count). The van der Waals surface area contributed by atoms with E-state index < -0.39 is 4.92 Å². The number of hydrogen-bond donors (Lipinski definition) is 2. The second-order valence-corrected chi connectivity index (χ2v) is 4.54. The summed E-state index contributed by atoms with van der Waals surface area (Å²) in [6, 6.07) is 9.68. The van der Waals surface area contributed by atoms with Crippen LogP contribution in [0.3, 0.4) is 0 Å². The lowest BCUT2D eigenvalue weighted by molar-refractivity contribution is -0.385. The van der Waals surface area contributed by atoms with Gasteiger partial charge < -0.3 is 11.5 Å². The molecule has 0 bridgehead atoms. The van der Waals surface area contributed by atoms with Crippen molar-refractivity contribution in [3.8, 4) is 0 Å². The third-order valence-corrected chi connectivity index (χ3v) is 3.05. The van der Waals surface area contributed by atoms with Crippen molar-refractivity contribution in [3.05, 3.63) is 51.7 Å². The van der Waals surface area contributed by atoms with E-state index in [-0.39, 0.29) is 29.1 Å². The zero-order valence-electron chi connectivity index (χ0n) is 11.0. The Labute approximate surface area is 115 Å². The molecule has 7 nitrogen and oxygen atoms in total. The number of aromatic nitrogens is 2. The lowest BCUT2D eigenvalue weighted by Crippen LogP contribution is -2.11. The molecule has 1 atom stereocenters. The second-order valence-electron chi connectivity index (χ2n) is 4.54. The Bertz CT molecular complexity index is 630. The molecular weight excluding hydrogens is 258 g/mol. The number of nitro groups is 1. The topological polar surface area (TPSA) is 121 Å². The fourth-order valence-electron chi connectivity index (χ4n) is 2.07. The molecule has 1 aromatic heterocycles. The van der Waals surface area contributed by atoms with Gasteiger partial charge >= 0.3 is 5.69 Å².